The number of pyridine rings is 1. The van der Waals surface area contributed by atoms with Crippen LogP contribution in [-0.2, 0) is 0 Å². The lowest BCUT2D eigenvalue weighted by atomic mass is 9.97. The second-order valence-corrected chi connectivity index (χ2v) is 7.28. The average Bonchev–Trinajstić information content (AvgIpc) is 2.74. The highest BCUT2D eigenvalue weighted by Crippen LogP contribution is 2.31. The van der Waals surface area contributed by atoms with Gasteiger partial charge in [0.15, 0.2) is 0 Å². The molecule has 0 bridgehead atoms. The van der Waals surface area contributed by atoms with E-state index in [1.165, 1.54) is 0 Å². The molecule has 2 amide bonds. The molecule has 1 aromatic heterocycles. The number of primary amides is 1. The first-order valence-electron chi connectivity index (χ1n) is 9.31. The number of nitrogens with one attached hydrogen (secondary N) is 1. The maximum absolute atomic E-state index is 13.3. The van der Waals surface area contributed by atoms with Crippen molar-refractivity contribution in [3.05, 3.63) is 94.5 Å². The van der Waals surface area contributed by atoms with E-state index in [4.69, 9.17) is 22.3 Å². The normalized spacial score (nSPS) is 10.7. The number of hydrogen-bond acceptors (Lipinski definition) is 3. The summed E-state index contributed by atoms with van der Waals surface area (Å²) in [5.74, 6) is -0.945. The zero-order chi connectivity index (χ0) is 21.3. The van der Waals surface area contributed by atoms with Crippen molar-refractivity contribution in [3.63, 3.8) is 0 Å². The fourth-order valence-electron chi connectivity index (χ4n) is 3.48. The van der Waals surface area contributed by atoms with Crippen LogP contribution >= 0.6 is 11.6 Å². The van der Waals surface area contributed by atoms with Gasteiger partial charge in [0.1, 0.15) is 0 Å². The molecule has 0 aliphatic rings. The molecule has 4 aromatic rings. The van der Waals surface area contributed by atoms with Crippen LogP contribution in [0, 0.1) is 6.92 Å². The van der Waals surface area contributed by atoms with Crippen molar-refractivity contribution in [3.8, 4) is 11.3 Å². The van der Waals surface area contributed by atoms with Crippen molar-refractivity contribution in [2.45, 2.75) is 6.92 Å². The number of carbonyl (C=O) groups excluding carboxylic acids is 2. The number of hydrogen-bond donors (Lipinski definition) is 2. The van der Waals surface area contributed by atoms with Crippen molar-refractivity contribution in [1.82, 2.24) is 4.98 Å². The maximum Gasteiger partial charge on any atom is 0.256 e. The molecular formula is C24H18ClN3O2. The largest absolute Gasteiger partial charge is 0.366 e. The number of para-hydroxylation sites is 2. The number of halogens is 1. The molecule has 0 radical (unpaired) electrons. The van der Waals surface area contributed by atoms with Gasteiger partial charge >= 0.3 is 0 Å². The summed E-state index contributed by atoms with van der Waals surface area (Å²) >= 11 is 6.02. The number of aromatic nitrogens is 1. The van der Waals surface area contributed by atoms with E-state index in [2.05, 4.69) is 5.32 Å². The van der Waals surface area contributed by atoms with Crippen LogP contribution in [0.3, 0.4) is 0 Å². The Morgan fingerprint density at radius 3 is 2.33 bits per heavy atom. The summed E-state index contributed by atoms with van der Waals surface area (Å²) < 4.78 is 0. The van der Waals surface area contributed by atoms with E-state index in [0.717, 1.165) is 16.5 Å². The number of rotatable bonds is 4. The SMILES string of the molecule is Cc1c(-c2ccc(Cl)cc2)nc2ccccc2c1C(=O)Nc1ccccc1C(N)=O. The topological polar surface area (TPSA) is 85.1 Å². The third-order valence-corrected chi connectivity index (χ3v) is 5.17. The van der Waals surface area contributed by atoms with Gasteiger partial charge in [-0.3, -0.25) is 9.59 Å². The second kappa shape index (κ2) is 7.97. The van der Waals surface area contributed by atoms with Crippen LogP contribution in [0.4, 0.5) is 5.69 Å². The van der Waals surface area contributed by atoms with E-state index in [1.54, 1.807) is 36.4 Å². The third-order valence-electron chi connectivity index (χ3n) is 4.92. The number of amides is 2. The van der Waals surface area contributed by atoms with Gasteiger partial charge in [-0.15, -0.1) is 0 Å². The third kappa shape index (κ3) is 3.63. The highest BCUT2D eigenvalue weighted by atomic mass is 35.5. The average molecular weight is 416 g/mol. The van der Waals surface area contributed by atoms with Gasteiger partial charge in [0, 0.05) is 16.0 Å². The number of nitrogens with zero attached hydrogens (tertiary/aromatic N) is 1. The molecule has 0 aliphatic carbocycles. The molecule has 3 N–H and O–H groups in total. The minimum Gasteiger partial charge on any atom is -0.366 e. The molecule has 5 nitrogen and oxygen atoms in total. The van der Waals surface area contributed by atoms with Gasteiger partial charge in [-0.2, -0.15) is 0 Å². The van der Waals surface area contributed by atoms with Crippen molar-refractivity contribution in [2.24, 2.45) is 5.73 Å². The molecule has 4 rings (SSSR count). The molecule has 3 aromatic carbocycles. The number of carbonyl (C=O) groups is 2. The Hall–Kier alpha value is -3.70. The Balaban J connectivity index is 1.87. The maximum atomic E-state index is 13.3. The summed E-state index contributed by atoms with van der Waals surface area (Å²) in [5.41, 5.74) is 9.53. The number of anilines is 1. The van der Waals surface area contributed by atoms with Gasteiger partial charge in [0.25, 0.3) is 11.8 Å². The molecule has 0 saturated carbocycles. The summed E-state index contributed by atoms with van der Waals surface area (Å²) in [5, 5.41) is 4.19. The predicted molar refractivity (Wildman–Crippen MR) is 120 cm³/mol. The Labute approximate surface area is 178 Å². The summed E-state index contributed by atoms with van der Waals surface area (Å²) in [6, 6.07) is 21.4. The lowest BCUT2D eigenvalue weighted by Crippen LogP contribution is -2.19. The van der Waals surface area contributed by atoms with E-state index < -0.39 is 5.91 Å². The van der Waals surface area contributed by atoms with Gasteiger partial charge in [0.2, 0.25) is 0 Å². The molecule has 0 aliphatic heterocycles. The highest BCUT2D eigenvalue weighted by molar-refractivity contribution is 6.30. The van der Waals surface area contributed by atoms with Crippen LogP contribution in [0.25, 0.3) is 22.2 Å². The predicted octanol–water partition coefficient (Wildman–Crippen LogP) is 5.21. The molecule has 0 unspecified atom stereocenters. The van der Waals surface area contributed by atoms with Gasteiger partial charge in [0.05, 0.1) is 28.0 Å². The highest BCUT2D eigenvalue weighted by Gasteiger charge is 2.20. The summed E-state index contributed by atoms with van der Waals surface area (Å²) in [7, 11) is 0. The van der Waals surface area contributed by atoms with Crippen LogP contribution in [0.2, 0.25) is 5.02 Å². The molecule has 0 spiro atoms. The summed E-state index contributed by atoms with van der Waals surface area (Å²) in [6.07, 6.45) is 0. The molecular weight excluding hydrogens is 398 g/mol. The molecule has 30 heavy (non-hydrogen) atoms. The van der Waals surface area contributed by atoms with Crippen LogP contribution in [0.5, 0.6) is 0 Å². The smallest absolute Gasteiger partial charge is 0.256 e. The molecule has 148 valence electrons. The fourth-order valence-corrected chi connectivity index (χ4v) is 3.61. The molecule has 0 saturated heterocycles. The minimum atomic E-state index is -0.607. The van der Waals surface area contributed by atoms with Gasteiger partial charge in [-0.1, -0.05) is 54.1 Å². The van der Waals surface area contributed by atoms with Crippen molar-refractivity contribution >= 4 is 40.0 Å². The van der Waals surface area contributed by atoms with E-state index in [1.807, 2.05) is 43.3 Å². The number of fused-ring (bicyclic) bond motifs is 1. The second-order valence-electron chi connectivity index (χ2n) is 6.85. The Bertz CT molecular complexity index is 1280. The monoisotopic (exact) mass is 415 g/mol. The summed E-state index contributed by atoms with van der Waals surface area (Å²) in [6.45, 7) is 1.86. The lowest BCUT2D eigenvalue weighted by molar-refractivity contribution is 0.100. The Morgan fingerprint density at radius 1 is 0.933 bits per heavy atom. The molecule has 1 heterocycles. The van der Waals surface area contributed by atoms with E-state index in [-0.39, 0.29) is 11.5 Å². The minimum absolute atomic E-state index is 0.250. The van der Waals surface area contributed by atoms with E-state index >= 15 is 0 Å². The van der Waals surface area contributed by atoms with Gasteiger partial charge < -0.3 is 11.1 Å². The van der Waals surface area contributed by atoms with Crippen molar-refractivity contribution in [1.29, 1.82) is 0 Å². The van der Waals surface area contributed by atoms with E-state index in [0.29, 0.717) is 27.5 Å². The zero-order valence-electron chi connectivity index (χ0n) is 16.1. The fraction of sp³-hybridized carbons (Fsp3) is 0.0417. The Kier molecular flexibility index (Phi) is 5.21. The van der Waals surface area contributed by atoms with Crippen molar-refractivity contribution < 1.29 is 9.59 Å². The molecule has 0 atom stereocenters. The summed E-state index contributed by atoms with van der Waals surface area (Å²) in [4.78, 5) is 29.9. The van der Waals surface area contributed by atoms with E-state index in [9.17, 15) is 9.59 Å². The quantitative estimate of drug-likeness (QED) is 0.479. The van der Waals surface area contributed by atoms with Crippen LogP contribution < -0.4 is 11.1 Å². The first-order valence-corrected chi connectivity index (χ1v) is 9.69. The van der Waals surface area contributed by atoms with Crippen molar-refractivity contribution in [2.75, 3.05) is 5.32 Å². The standard InChI is InChI=1S/C24H18ClN3O2/c1-14-21(24(30)28-20-9-5-3-7-18(20)23(26)29)17-6-2-4-8-19(17)27-22(14)15-10-12-16(25)13-11-15/h2-13H,1H3,(H2,26,29)(H,28,30). The van der Waals surface area contributed by atoms with Crippen LogP contribution in [0.15, 0.2) is 72.8 Å². The van der Waals surface area contributed by atoms with Gasteiger partial charge in [-0.05, 0) is 42.8 Å². The number of nitrogens with two attached hydrogens (primary N) is 1. The molecule has 0 fully saturated rings. The lowest BCUT2D eigenvalue weighted by Gasteiger charge is -2.16. The zero-order valence-corrected chi connectivity index (χ0v) is 16.9. The first-order chi connectivity index (χ1) is 14.5. The van der Waals surface area contributed by atoms with Gasteiger partial charge in [-0.25, -0.2) is 4.98 Å². The Morgan fingerprint density at radius 2 is 1.60 bits per heavy atom. The molecule has 6 heteroatoms. The first kappa shape index (κ1) is 19.6. The van der Waals surface area contributed by atoms with Crippen LogP contribution in [0.1, 0.15) is 26.3 Å². The number of benzene rings is 3. The van der Waals surface area contributed by atoms with Crippen LogP contribution in [-0.4, -0.2) is 16.8 Å².